The van der Waals surface area contributed by atoms with Gasteiger partial charge in [-0.1, -0.05) is 45.9 Å². The standard InChI is InChI=1S/C40H20N4O4S2/c1-39(2)19(9-25-35(47)23-13-28(43-5)29(44-6)14-24(23)36(25)48)10-27-31(39)38-32(40(27,3)4)37-30(50-38)12-20(49-37)11-26-33(45)21-7-17(15-41)18(16-42)8-22(21)34(26)46/h7-14H,1-4H3. The number of hydrogen-bond donors (Lipinski definition) is 0. The number of Topliss-reactive ketones (excluding diaryl/α,β-unsaturated/α-hetero) is 4. The lowest BCUT2D eigenvalue weighted by molar-refractivity contribution is 0.0974. The van der Waals surface area contributed by atoms with Gasteiger partial charge in [-0.25, -0.2) is 0 Å². The summed E-state index contributed by atoms with van der Waals surface area (Å²) in [6.07, 6.45) is 5.33. The second-order valence-corrected chi connectivity index (χ2v) is 15.6. The summed E-state index contributed by atoms with van der Waals surface area (Å²) in [6.45, 7) is 23.2. The smallest absolute Gasteiger partial charge is 0.197 e. The molecule has 0 saturated carbocycles. The molecule has 0 fully saturated rings. The van der Waals surface area contributed by atoms with Gasteiger partial charge in [-0.3, -0.25) is 28.9 Å². The highest BCUT2D eigenvalue weighted by molar-refractivity contribution is 7.29. The third-order valence-electron chi connectivity index (χ3n) is 10.1. The van der Waals surface area contributed by atoms with Crippen LogP contribution in [0, 0.1) is 41.2 Å². The Labute approximate surface area is 293 Å². The van der Waals surface area contributed by atoms with Gasteiger partial charge in [-0.05, 0) is 52.6 Å². The van der Waals surface area contributed by atoms with E-state index < -0.39 is 34.0 Å². The molecule has 0 saturated heterocycles. The highest BCUT2D eigenvalue weighted by Crippen LogP contribution is 2.64. The van der Waals surface area contributed by atoms with E-state index in [1.807, 2.05) is 18.2 Å². The van der Waals surface area contributed by atoms with Crippen LogP contribution in [-0.2, 0) is 5.41 Å². The van der Waals surface area contributed by atoms with Crippen LogP contribution < -0.4 is 0 Å². The number of hydrogen-bond acceptors (Lipinski definition) is 8. The predicted octanol–water partition coefficient (Wildman–Crippen LogP) is 9.29. The molecule has 0 spiro atoms. The fourth-order valence-electron chi connectivity index (χ4n) is 7.50. The van der Waals surface area contributed by atoms with E-state index in [0.29, 0.717) is 0 Å². The zero-order valence-corrected chi connectivity index (χ0v) is 28.5. The van der Waals surface area contributed by atoms with Crippen LogP contribution in [0.2, 0.25) is 0 Å². The summed E-state index contributed by atoms with van der Waals surface area (Å²) in [4.78, 5) is 62.1. The van der Waals surface area contributed by atoms with Gasteiger partial charge in [0.1, 0.15) is 12.1 Å². The first kappa shape index (κ1) is 31.0. The number of allylic oxidation sites excluding steroid dienone is 7. The van der Waals surface area contributed by atoms with Crippen molar-refractivity contribution in [1.29, 1.82) is 10.5 Å². The Bertz CT molecular complexity index is 2660. The predicted molar refractivity (Wildman–Crippen MR) is 190 cm³/mol. The molecular formula is C40H20N4O4S2. The van der Waals surface area contributed by atoms with Crippen molar-refractivity contribution in [3.8, 4) is 12.1 Å². The van der Waals surface area contributed by atoms with E-state index in [4.69, 9.17) is 13.1 Å². The minimum absolute atomic E-state index is 0.0000592. The Morgan fingerprint density at radius 2 is 1.20 bits per heavy atom. The summed E-state index contributed by atoms with van der Waals surface area (Å²) in [5.74, 6) is -1.84. The van der Waals surface area contributed by atoms with Gasteiger partial charge in [-0.15, -0.1) is 22.7 Å². The molecule has 0 radical (unpaired) electrons. The number of thiophene rings is 2. The van der Waals surface area contributed by atoms with E-state index in [1.165, 1.54) is 35.6 Å². The molecule has 2 aromatic carbocycles. The van der Waals surface area contributed by atoms with Crippen molar-refractivity contribution < 1.29 is 19.2 Å². The van der Waals surface area contributed by atoms with Crippen LogP contribution >= 0.6 is 22.7 Å². The van der Waals surface area contributed by atoms with Crippen LogP contribution in [0.1, 0.15) is 95.6 Å². The molecular weight excluding hydrogens is 665 g/mol. The fraction of sp³-hybridized carbons (Fsp3) is 0.150. The molecule has 0 aliphatic heterocycles. The largest absolute Gasteiger partial charge is 0.288 e. The zero-order valence-electron chi connectivity index (χ0n) is 26.9. The number of nitrogens with zero attached hydrogens (tertiary/aromatic N) is 4. The molecule has 236 valence electrons. The van der Waals surface area contributed by atoms with Crippen molar-refractivity contribution in [2.75, 3.05) is 0 Å². The van der Waals surface area contributed by atoms with E-state index >= 15 is 0 Å². The van der Waals surface area contributed by atoms with Crippen LogP contribution in [0.5, 0.6) is 0 Å². The Balaban J connectivity index is 1.15. The van der Waals surface area contributed by atoms with E-state index in [1.54, 1.807) is 23.5 Å². The highest BCUT2D eigenvalue weighted by Gasteiger charge is 2.50. The fourth-order valence-corrected chi connectivity index (χ4v) is 10.6. The van der Waals surface area contributed by atoms with Gasteiger partial charge < -0.3 is 0 Å². The van der Waals surface area contributed by atoms with E-state index in [0.717, 1.165) is 41.4 Å². The van der Waals surface area contributed by atoms with E-state index in [2.05, 4.69) is 43.5 Å². The Morgan fingerprint density at radius 1 is 0.700 bits per heavy atom. The first-order valence-corrected chi connectivity index (χ1v) is 17.0. The number of carbonyl (C=O) groups excluding carboxylic acids is 4. The first-order chi connectivity index (χ1) is 23.8. The first-order valence-electron chi connectivity index (χ1n) is 15.3. The second kappa shape index (κ2) is 10.1. The van der Waals surface area contributed by atoms with Crippen LogP contribution in [0.3, 0.4) is 0 Å². The Hall–Kier alpha value is -6.30. The third-order valence-corrected chi connectivity index (χ3v) is 12.5. The van der Waals surface area contributed by atoms with Crippen molar-refractivity contribution in [3.05, 3.63) is 136 Å². The summed E-state index contributed by atoms with van der Waals surface area (Å²) in [5.41, 5.74) is 3.95. The molecule has 0 bridgehead atoms. The molecule has 2 heterocycles. The number of carbonyl (C=O) groups is 4. The molecule has 2 aromatic heterocycles. The van der Waals surface area contributed by atoms with E-state index in [9.17, 15) is 29.7 Å². The van der Waals surface area contributed by atoms with Gasteiger partial charge in [0.05, 0.1) is 40.1 Å². The molecule has 10 heteroatoms. The molecule has 0 unspecified atom stereocenters. The Kier molecular flexibility index (Phi) is 6.27. The maximum Gasteiger partial charge on any atom is 0.197 e. The lowest BCUT2D eigenvalue weighted by Crippen LogP contribution is -2.15. The van der Waals surface area contributed by atoms with Crippen LogP contribution in [0.15, 0.2) is 64.8 Å². The quantitative estimate of drug-likeness (QED) is 0.118. The molecule has 0 N–H and O–H groups in total. The maximum atomic E-state index is 13.5. The third kappa shape index (κ3) is 3.86. The monoisotopic (exact) mass is 684 g/mol. The summed E-state index contributed by atoms with van der Waals surface area (Å²) in [7, 11) is 0. The number of nitriles is 2. The van der Waals surface area contributed by atoms with Crippen LogP contribution in [0.4, 0.5) is 11.4 Å². The van der Waals surface area contributed by atoms with Gasteiger partial charge in [0.15, 0.2) is 34.5 Å². The molecule has 4 aliphatic rings. The summed E-state index contributed by atoms with van der Waals surface area (Å²) in [6, 6.07) is 11.1. The minimum atomic E-state index is -0.555. The lowest BCUT2D eigenvalue weighted by Gasteiger charge is -2.25. The van der Waals surface area contributed by atoms with Crippen LogP contribution in [-0.4, -0.2) is 23.1 Å². The van der Waals surface area contributed by atoms with Crippen LogP contribution in [0.25, 0.3) is 30.7 Å². The average Bonchev–Trinajstić information content (AvgIpc) is 3.87. The molecule has 8 nitrogen and oxygen atoms in total. The number of fused-ring (bicyclic) bond motifs is 6. The van der Waals surface area contributed by atoms with Crippen molar-refractivity contribution in [1.82, 2.24) is 0 Å². The second-order valence-electron chi connectivity index (χ2n) is 13.5. The van der Waals surface area contributed by atoms with Crippen molar-refractivity contribution in [2.45, 2.75) is 33.1 Å². The lowest BCUT2D eigenvalue weighted by atomic mass is 9.79. The van der Waals surface area contributed by atoms with Gasteiger partial charge in [0, 0.05) is 47.5 Å². The molecule has 4 aliphatic carbocycles. The highest BCUT2D eigenvalue weighted by atomic mass is 32.1. The van der Waals surface area contributed by atoms with Gasteiger partial charge in [-0.2, -0.15) is 10.5 Å². The molecule has 4 aromatic rings. The van der Waals surface area contributed by atoms with E-state index in [-0.39, 0.29) is 55.9 Å². The number of ketones is 4. The minimum Gasteiger partial charge on any atom is -0.288 e. The van der Waals surface area contributed by atoms with Gasteiger partial charge >= 0.3 is 0 Å². The average molecular weight is 685 g/mol. The van der Waals surface area contributed by atoms with Crippen molar-refractivity contribution in [3.63, 3.8) is 0 Å². The SMILES string of the molecule is [C-]#[N+]c1cc2c(cc1[N+]#[C-])C(=O)C(=CC1=CC3=C(c4sc5cc(C=C6C(=O)c7cc(C#N)c(C#N)cc7C6=O)sc5c4C3(C)C)C1(C)C)C2=O. The van der Waals surface area contributed by atoms with Gasteiger partial charge in [0.2, 0.25) is 0 Å². The Morgan fingerprint density at radius 3 is 1.70 bits per heavy atom. The summed E-state index contributed by atoms with van der Waals surface area (Å²) >= 11 is 3.12. The normalized spacial score (nSPS) is 17.6. The summed E-state index contributed by atoms with van der Waals surface area (Å²) in [5, 5.41) is 18.8. The summed E-state index contributed by atoms with van der Waals surface area (Å²) < 4.78 is 2.06. The molecule has 0 amide bonds. The van der Waals surface area contributed by atoms with Gasteiger partial charge in [0.25, 0.3) is 0 Å². The van der Waals surface area contributed by atoms with Crippen molar-refractivity contribution in [2.24, 2.45) is 5.41 Å². The number of rotatable bonds is 2. The van der Waals surface area contributed by atoms with Crippen molar-refractivity contribution >= 4 is 78.2 Å². The molecule has 8 rings (SSSR count). The zero-order chi connectivity index (χ0) is 35.6. The molecule has 0 atom stereocenters. The number of benzene rings is 2. The topological polar surface area (TPSA) is 125 Å². The maximum absolute atomic E-state index is 13.5. The molecule has 50 heavy (non-hydrogen) atoms.